The number of nitrogens with zero attached hydrogens (tertiary/aromatic N) is 1. The first-order valence-corrected chi connectivity index (χ1v) is 8.83. The molecule has 1 aliphatic heterocycles. The van der Waals surface area contributed by atoms with Crippen molar-refractivity contribution < 1.29 is 14.0 Å². The Kier molecular flexibility index (Phi) is 5.35. The van der Waals surface area contributed by atoms with E-state index >= 15 is 0 Å². The van der Waals surface area contributed by atoms with Crippen molar-refractivity contribution in [3.8, 4) is 0 Å². The summed E-state index contributed by atoms with van der Waals surface area (Å²) in [6.45, 7) is 2.58. The third-order valence-corrected chi connectivity index (χ3v) is 4.78. The van der Waals surface area contributed by atoms with Crippen LogP contribution in [0.2, 0.25) is 0 Å². The number of benzene rings is 1. The summed E-state index contributed by atoms with van der Waals surface area (Å²) in [5.74, 6) is -0.787. The molecule has 3 rings (SSSR count). The second-order valence-electron chi connectivity index (χ2n) is 6.66. The van der Waals surface area contributed by atoms with Crippen LogP contribution < -0.4 is 10.9 Å². The molecule has 1 saturated heterocycles. The molecular weight excluding hydrogens is 337 g/mol. The predicted octanol–water partition coefficient (Wildman–Crippen LogP) is 2.19. The molecular formula is C19H22FN3O3. The van der Waals surface area contributed by atoms with E-state index in [0.717, 1.165) is 19.3 Å². The van der Waals surface area contributed by atoms with E-state index in [1.165, 1.54) is 31.2 Å². The van der Waals surface area contributed by atoms with Crippen LogP contribution in [0.15, 0.2) is 29.1 Å². The Hall–Kier alpha value is -2.70. The summed E-state index contributed by atoms with van der Waals surface area (Å²) < 4.78 is 13.5. The number of aromatic nitrogens is 1. The largest absolute Gasteiger partial charge is 0.356 e. The van der Waals surface area contributed by atoms with Crippen molar-refractivity contribution in [2.45, 2.75) is 38.6 Å². The summed E-state index contributed by atoms with van der Waals surface area (Å²) in [5.41, 5.74) is 0.168. The van der Waals surface area contributed by atoms with Crippen molar-refractivity contribution in [1.29, 1.82) is 0 Å². The molecule has 1 unspecified atom stereocenters. The zero-order valence-corrected chi connectivity index (χ0v) is 14.7. The van der Waals surface area contributed by atoms with Gasteiger partial charge in [-0.25, -0.2) is 4.39 Å². The summed E-state index contributed by atoms with van der Waals surface area (Å²) in [6.07, 6.45) is 3.45. The molecule has 2 N–H and O–H groups in total. The van der Waals surface area contributed by atoms with Crippen LogP contribution in [-0.4, -0.2) is 40.8 Å². The second-order valence-corrected chi connectivity index (χ2v) is 6.66. The monoisotopic (exact) mass is 359 g/mol. The number of carbonyl (C=O) groups is 2. The number of fused-ring (bicyclic) bond motifs is 1. The molecule has 1 aromatic heterocycles. The van der Waals surface area contributed by atoms with Crippen molar-refractivity contribution in [1.82, 2.24) is 15.2 Å². The number of nitrogens with one attached hydrogen (secondary N) is 2. The number of likely N-dealkylation sites (tertiary alicyclic amines) is 1. The van der Waals surface area contributed by atoms with Gasteiger partial charge in [0, 0.05) is 37.5 Å². The van der Waals surface area contributed by atoms with Gasteiger partial charge in [-0.15, -0.1) is 0 Å². The lowest BCUT2D eigenvalue weighted by molar-refractivity contribution is -0.119. The van der Waals surface area contributed by atoms with Crippen LogP contribution >= 0.6 is 0 Å². The predicted molar refractivity (Wildman–Crippen MR) is 96.5 cm³/mol. The molecule has 1 fully saturated rings. The van der Waals surface area contributed by atoms with Gasteiger partial charge < -0.3 is 15.2 Å². The molecule has 0 saturated carbocycles. The van der Waals surface area contributed by atoms with Crippen LogP contribution in [0.5, 0.6) is 0 Å². The van der Waals surface area contributed by atoms with E-state index in [4.69, 9.17) is 0 Å². The van der Waals surface area contributed by atoms with Gasteiger partial charge >= 0.3 is 0 Å². The van der Waals surface area contributed by atoms with E-state index in [9.17, 15) is 18.8 Å². The van der Waals surface area contributed by atoms with Gasteiger partial charge in [-0.05, 0) is 43.9 Å². The fourth-order valence-electron chi connectivity index (χ4n) is 3.55. The fourth-order valence-corrected chi connectivity index (χ4v) is 3.55. The smallest absolute Gasteiger partial charge is 0.254 e. The molecule has 26 heavy (non-hydrogen) atoms. The van der Waals surface area contributed by atoms with Crippen molar-refractivity contribution in [3.63, 3.8) is 0 Å². The maximum Gasteiger partial charge on any atom is 0.254 e. The average molecular weight is 359 g/mol. The zero-order valence-electron chi connectivity index (χ0n) is 14.7. The maximum absolute atomic E-state index is 13.5. The number of hydrogen-bond donors (Lipinski definition) is 2. The highest BCUT2D eigenvalue weighted by molar-refractivity contribution is 6.06. The Balaban J connectivity index is 1.90. The van der Waals surface area contributed by atoms with E-state index in [1.807, 2.05) is 0 Å². The van der Waals surface area contributed by atoms with Crippen LogP contribution in [0, 0.1) is 5.82 Å². The second kappa shape index (κ2) is 7.68. The Morgan fingerprint density at radius 3 is 2.88 bits per heavy atom. The molecule has 0 radical (unpaired) electrons. The topological polar surface area (TPSA) is 82.3 Å². The van der Waals surface area contributed by atoms with Crippen molar-refractivity contribution in [2.24, 2.45) is 0 Å². The molecule has 1 aliphatic rings. The van der Waals surface area contributed by atoms with E-state index in [2.05, 4.69) is 10.3 Å². The quantitative estimate of drug-likeness (QED) is 0.878. The zero-order chi connectivity index (χ0) is 18.7. The lowest BCUT2D eigenvalue weighted by Crippen LogP contribution is -2.45. The number of H-pyrrole nitrogens is 1. The van der Waals surface area contributed by atoms with Crippen LogP contribution in [0.3, 0.4) is 0 Å². The Morgan fingerprint density at radius 1 is 1.31 bits per heavy atom. The summed E-state index contributed by atoms with van der Waals surface area (Å²) in [4.78, 5) is 40.5. The van der Waals surface area contributed by atoms with Crippen molar-refractivity contribution in [2.75, 3.05) is 13.1 Å². The van der Waals surface area contributed by atoms with Gasteiger partial charge in [0.15, 0.2) is 0 Å². The summed E-state index contributed by atoms with van der Waals surface area (Å²) >= 11 is 0. The minimum Gasteiger partial charge on any atom is -0.356 e. The summed E-state index contributed by atoms with van der Waals surface area (Å²) in [7, 11) is 0. The summed E-state index contributed by atoms with van der Waals surface area (Å²) in [6, 6.07) is 5.31. The summed E-state index contributed by atoms with van der Waals surface area (Å²) in [5, 5.41) is 3.29. The molecule has 1 aromatic carbocycles. The molecule has 0 spiro atoms. The number of pyridine rings is 1. The Labute approximate surface area is 150 Å². The lowest BCUT2D eigenvalue weighted by atomic mass is 9.97. The number of amides is 2. The molecule has 7 heteroatoms. The van der Waals surface area contributed by atoms with Crippen LogP contribution in [0.1, 0.15) is 43.0 Å². The molecule has 138 valence electrons. The number of rotatable bonds is 4. The molecule has 2 amide bonds. The average Bonchev–Trinajstić information content (AvgIpc) is 2.60. The number of carbonyl (C=O) groups excluding carboxylic acids is 2. The molecule has 2 aromatic rings. The van der Waals surface area contributed by atoms with Crippen LogP contribution in [-0.2, 0) is 4.79 Å². The highest BCUT2D eigenvalue weighted by atomic mass is 19.1. The van der Waals surface area contributed by atoms with Gasteiger partial charge in [0.2, 0.25) is 11.5 Å². The van der Waals surface area contributed by atoms with Crippen molar-refractivity contribution >= 4 is 22.7 Å². The Morgan fingerprint density at radius 2 is 2.12 bits per heavy atom. The molecule has 2 heterocycles. The maximum atomic E-state index is 13.5. The standard InChI is InChI=1S/C19H22FN3O3/c1-12(24)21-8-7-14-4-2-3-9-23(14)19(26)16-11-18(25)22-17-10-13(20)5-6-15(16)17/h5-6,10-11,14H,2-4,7-9H2,1H3,(H,21,24)(H,22,25). The van der Waals surface area contributed by atoms with Gasteiger partial charge in [-0.3, -0.25) is 14.4 Å². The first-order chi connectivity index (χ1) is 12.5. The highest BCUT2D eigenvalue weighted by Crippen LogP contribution is 2.24. The Bertz CT molecular complexity index is 893. The lowest BCUT2D eigenvalue weighted by Gasteiger charge is -2.36. The molecule has 0 bridgehead atoms. The van der Waals surface area contributed by atoms with Gasteiger partial charge in [-0.1, -0.05) is 0 Å². The number of hydrogen-bond acceptors (Lipinski definition) is 3. The SMILES string of the molecule is CC(=O)NCCC1CCCCN1C(=O)c1cc(=O)[nH]c2cc(F)ccc12. The third kappa shape index (κ3) is 3.92. The first kappa shape index (κ1) is 18.1. The minimum atomic E-state index is -0.469. The fraction of sp³-hybridized carbons (Fsp3) is 0.421. The van der Waals surface area contributed by atoms with E-state index in [0.29, 0.717) is 30.4 Å². The molecule has 0 aliphatic carbocycles. The number of halogens is 1. The van der Waals surface area contributed by atoms with E-state index < -0.39 is 11.4 Å². The highest BCUT2D eigenvalue weighted by Gasteiger charge is 2.28. The molecule has 1 atom stereocenters. The van der Waals surface area contributed by atoms with Gasteiger partial charge in [0.25, 0.3) is 5.91 Å². The van der Waals surface area contributed by atoms with Gasteiger partial charge in [0.1, 0.15) is 5.82 Å². The third-order valence-electron chi connectivity index (χ3n) is 4.78. The van der Waals surface area contributed by atoms with Crippen LogP contribution in [0.25, 0.3) is 10.9 Å². The van der Waals surface area contributed by atoms with Crippen molar-refractivity contribution in [3.05, 3.63) is 46.0 Å². The number of piperidine rings is 1. The normalized spacial score (nSPS) is 17.3. The van der Waals surface area contributed by atoms with E-state index in [-0.39, 0.29) is 23.4 Å². The van der Waals surface area contributed by atoms with E-state index in [1.54, 1.807) is 4.90 Å². The first-order valence-electron chi connectivity index (χ1n) is 8.83. The van der Waals surface area contributed by atoms with Gasteiger partial charge in [-0.2, -0.15) is 0 Å². The van der Waals surface area contributed by atoms with Crippen LogP contribution in [0.4, 0.5) is 4.39 Å². The van der Waals surface area contributed by atoms with Gasteiger partial charge in [0.05, 0.1) is 11.1 Å². The number of aromatic amines is 1. The minimum absolute atomic E-state index is 0.0119. The molecule has 6 nitrogen and oxygen atoms in total.